The van der Waals surface area contributed by atoms with E-state index < -0.39 is 0 Å². The average Bonchev–Trinajstić information content (AvgIpc) is 3.05. The van der Waals surface area contributed by atoms with E-state index in [0.717, 1.165) is 17.3 Å². The van der Waals surface area contributed by atoms with Crippen molar-refractivity contribution in [3.8, 4) is 5.82 Å². The van der Waals surface area contributed by atoms with Gasteiger partial charge in [-0.25, -0.2) is 14.6 Å². The summed E-state index contributed by atoms with van der Waals surface area (Å²) in [6.45, 7) is 6.21. The van der Waals surface area contributed by atoms with Crippen molar-refractivity contribution in [3.63, 3.8) is 0 Å². The van der Waals surface area contributed by atoms with Crippen LogP contribution in [0.5, 0.6) is 0 Å². The molecule has 3 rings (SSSR count). The fraction of sp³-hybridized carbons (Fsp3) is 0.500. The van der Waals surface area contributed by atoms with Crippen LogP contribution >= 0.6 is 11.6 Å². The van der Waals surface area contributed by atoms with Crippen molar-refractivity contribution in [2.24, 2.45) is 0 Å². The van der Waals surface area contributed by atoms with Crippen LogP contribution in [-0.2, 0) is 5.41 Å². The lowest BCUT2D eigenvalue weighted by Crippen LogP contribution is -2.17. The Morgan fingerprint density at radius 2 is 2.00 bits per heavy atom. The largest absolute Gasteiger partial charge is 0.222 e. The Hall–Kier alpha value is -1.42. The number of nitrogens with zero attached hydrogens (tertiary/aromatic N) is 4. The fourth-order valence-electron chi connectivity index (χ4n) is 1.92. The van der Waals surface area contributed by atoms with E-state index in [4.69, 9.17) is 11.6 Å². The second-order valence-corrected chi connectivity index (χ2v) is 6.47. The van der Waals surface area contributed by atoms with Crippen LogP contribution in [0, 0.1) is 0 Å². The third-order valence-electron chi connectivity index (χ3n) is 3.19. The molecule has 2 aromatic rings. The Morgan fingerprint density at radius 1 is 1.26 bits per heavy atom. The monoisotopic (exact) mass is 276 g/mol. The van der Waals surface area contributed by atoms with E-state index in [1.165, 1.54) is 12.8 Å². The normalized spacial score (nSPS) is 15.8. The molecule has 0 unspecified atom stereocenters. The van der Waals surface area contributed by atoms with E-state index in [9.17, 15) is 0 Å². The summed E-state index contributed by atoms with van der Waals surface area (Å²) in [5.74, 6) is 2.11. The summed E-state index contributed by atoms with van der Waals surface area (Å²) in [5.41, 5.74) is 1.01. The third-order valence-corrected chi connectivity index (χ3v) is 3.39. The van der Waals surface area contributed by atoms with Crippen LogP contribution in [0.4, 0.5) is 0 Å². The van der Waals surface area contributed by atoms with Crippen LogP contribution < -0.4 is 0 Å². The minimum absolute atomic E-state index is 0.133. The maximum absolute atomic E-state index is 6.10. The van der Waals surface area contributed by atoms with Gasteiger partial charge in [-0.3, -0.25) is 0 Å². The van der Waals surface area contributed by atoms with E-state index in [1.807, 2.05) is 6.20 Å². The first-order valence-corrected chi connectivity index (χ1v) is 6.92. The number of hydrogen-bond donors (Lipinski definition) is 0. The van der Waals surface area contributed by atoms with Crippen LogP contribution in [0.2, 0.25) is 5.15 Å². The maximum atomic E-state index is 6.10. The first-order chi connectivity index (χ1) is 8.93. The molecule has 5 heteroatoms. The molecule has 19 heavy (non-hydrogen) atoms. The molecule has 0 saturated heterocycles. The fourth-order valence-corrected chi connectivity index (χ4v) is 2.10. The van der Waals surface area contributed by atoms with Crippen molar-refractivity contribution >= 4 is 11.6 Å². The smallest absolute Gasteiger partial charge is 0.158 e. The number of aromatic nitrogens is 4. The molecule has 1 saturated carbocycles. The molecule has 100 valence electrons. The molecule has 0 spiro atoms. The van der Waals surface area contributed by atoms with Crippen molar-refractivity contribution in [1.82, 2.24) is 19.7 Å². The summed E-state index contributed by atoms with van der Waals surface area (Å²) in [4.78, 5) is 8.87. The van der Waals surface area contributed by atoms with Crippen molar-refractivity contribution in [3.05, 3.63) is 35.0 Å². The van der Waals surface area contributed by atoms with Crippen LogP contribution in [0.25, 0.3) is 5.82 Å². The summed E-state index contributed by atoms with van der Waals surface area (Å²) in [5, 5.41) is 5.03. The van der Waals surface area contributed by atoms with Gasteiger partial charge in [0.2, 0.25) is 0 Å². The Balaban J connectivity index is 2.01. The van der Waals surface area contributed by atoms with Crippen molar-refractivity contribution in [2.75, 3.05) is 0 Å². The van der Waals surface area contributed by atoms with Gasteiger partial charge in [0.1, 0.15) is 11.0 Å². The van der Waals surface area contributed by atoms with Gasteiger partial charge in [-0.15, -0.1) is 0 Å². The molecule has 2 aromatic heterocycles. The SMILES string of the molecule is CC(C)(C)c1nc(Cl)cc(-n2ccc(C3CC3)n2)n1. The molecule has 0 amide bonds. The molecular weight excluding hydrogens is 260 g/mol. The van der Waals surface area contributed by atoms with Gasteiger partial charge in [0.25, 0.3) is 0 Å². The van der Waals surface area contributed by atoms with Crippen molar-refractivity contribution < 1.29 is 0 Å². The van der Waals surface area contributed by atoms with Crippen LogP contribution in [0.1, 0.15) is 51.0 Å². The minimum atomic E-state index is -0.133. The lowest BCUT2D eigenvalue weighted by molar-refractivity contribution is 0.542. The Morgan fingerprint density at radius 3 is 2.63 bits per heavy atom. The van der Waals surface area contributed by atoms with Gasteiger partial charge < -0.3 is 0 Å². The molecule has 0 atom stereocenters. The maximum Gasteiger partial charge on any atom is 0.158 e. The van der Waals surface area contributed by atoms with E-state index in [0.29, 0.717) is 11.1 Å². The first-order valence-electron chi connectivity index (χ1n) is 6.54. The van der Waals surface area contributed by atoms with Crippen molar-refractivity contribution in [1.29, 1.82) is 0 Å². The van der Waals surface area contributed by atoms with Gasteiger partial charge >= 0.3 is 0 Å². The van der Waals surface area contributed by atoms with Gasteiger partial charge in [0, 0.05) is 23.6 Å². The minimum Gasteiger partial charge on any atom is -0.222 e. The molecule has 1 fully saturated rings. The van der Waals surface area contributed by atoms with E-state index in [1.54, 1.807) is 10.7 Å². The first kappa shape index (κ1) is 12.6. The van der Waals surface area contributed by atoms with Gasteiger partial charge in [-0.05, 0) is 18.9 Å². The van der Waals surface area contributed by atoms with E-state index in [2.05, 4.69) is 41.9 Å². The topological polar surface area (TPSA) is 43.6 Å². The number of halogens is 1. The second kappa shape index (κ2) is 4.30. The van der Waals surface area contributed by atoms with Gasteiger partial charge in [0.05, 0.1) is 5.69 Å². The lowest BCUT2D eigenvalue weighted by Gasteiger charge is -2.17. The zero-order chi connectivity index (χ0) is 13.6. The highest BCUT2D eigenvalue weighted by molar-refractivity contribution is 6.29. The van der Waals surface area contributed by atoms with Crippen LogP contribution in [0.15, 0.2) is 18.3 Å². The molecule has 0 aliphatic heterocycles. The molecule has 4 nitrogen and oxygen atoms in total. The second-order valence-electron chi connectivity index (χ2n) is 6.08. The molecule has 1 aliphatic carbocycles. The average molecular weight is 277 g/mol. The molecule has 0 aromatic carbocycles. The quantitative estimate of drug-likeness (QED) is 0.789. The predicted octanol–water partition coefficient (Wildman–Crippen LogP) is 3.49. The molecule has 1 aliphatic rings. The van der Waals surface area contributed by atoms with Crippen LogP contribution in [-0.4, -0.2) is 19.7 Å². The molecule has 2 heterocycles. The molecule has 0 radical (unpaired) electrons. The Kier molecular flexibility index (Phi) is 2.86. The summed E-state index contributed by atoms with van der Waals surface area (Å²) >= 11 is 6.10. The summed E-state index contributed by atoms with van der Waals surface area (Å²) in [6, 6.07) is 3.81. The standard InChI is InChI=1S/C14H17ClN4/c1-14(2,3)13-16-11(15)8-12(17-13)19-7-6-10(18-19)9-4-5-9/h6-9H,4-5H2,1-3H3. The highest BCUT2D eigenvalue weighted by Crippen LogP contribution is 2.39. The van der Waals surface area contributed by atoms with E-state index >= 15 is 0 Å². The summed E-state index contributed by atoms with van der Waals surface area (Å²) in [6.07, 6.45) is 4.43. The van der Waals surface area contributed by atoms with Crippen molar-refractivity contribution in [2.45, 2.75) is 44.9 Å². The number of hydrogen-bond acceptors (Lipinski definition) is 3. The Labute approximate surface area is 117 Å². The summed E-state index contributed by atoms with van der Waals surface area (Å²) < 4.78 is 1.79. The summed E-state index contributed by atoms with van der Waals surface area (Å²) in [7, 11) is 0. The predicted molar refractivity (Wildman–Crippen MR) is 74.8 cm³/mol. The molecule has 0 bridgehead atoms. The third kappa shape index (κ3) is 2.63. The van der Waals surface area contributed by atoms with E-state index in [-0.39, 0.29) is 5.41 Å². The Bertz CT molecular complexity index is 608. The zero-order valence-electron chi connectivity index (χ0n) is 11.4. The number of rotatable bonds is 2. The molecule has 0 N–H and O–H groups in total. The zero-order valence-corrected chi connectivity index (χ0v) is 12.1. The molecular formula is C14H17ClN4. The van der Waals surface area contributed by atoms with Gasteiger partial charge in [-0.2, -0.15) is 5.10 Å². The van der Waals surface area contributed by atoms with Gasteiger partial charge in [0.15, 0.2) is 5.82 Å². The van der Waals surface area contributed by atoms with Gasteiger partial charge in [-0.1, -0.05) is 32.4 Å². The highest BCUT2D eigenvalue weighted by atomic mass is 35.5. The van der Waals surface area contributed by atoms with Crippen LogP contribution in [0.3, 0.4) is 0 Å². The highest BCUT2D eigenvalue weighted by Gasteiger charge is 2.26. The lowest BCUT2D eigenvalue weighted by atomic mass is 9.96.